The number of esters is 1. The Morgan fingerprint density at radius 3 is 2.60 bits per heavy atom. The molecule has 0 aliphatic heterocycles. The van der Waals surface area contributed by atoms with E-state index in [0.29, 0.717) is 34.3 Å². The highest BCUT2D eigenvalue weighted by Gasteiger charge is 2.14. The third-order valence-electron chi connectivity index (χ3n) is 4.20. The summed E-state index contributed by atoms with van der Waals surface area (Å²) in [5.74, 6) is -1.46. The molecule has 1 heterocycles. The second-order valence-electron chi connectivity index (χ2n) is 6.37. The predicted molar refractivity (Wildman–Crippen MR) is 110 cm³/mol. The van der Waals surface area contributed by atoms with Crippen LogP contribution < -0.4 is 16.2 Å². The average molecular weight is 408 g/mol. The normalized spacial score (nSPS) is 10.4. The van der Waals surface area contributed by atoms with Crippen molar-refractivity contribution in [2.45, 2.75) is 13.3 Å². The van der Waals surface area contributed by atoms with Gasteiger partial charge in [-0.3, -0.25) is 19.2 Å². The molecule has 0 unspecified atom stereocenters. The molecule has 0 saturated carbocycles. The molecule has 30 heavy (non-hydrogen) atoms. The average Bonchev–Trinajstić information content (AvgIpc) is 2.75. The number of benzene rings is 2. The van der Waals surface area contributed by atoms with E-state index in [4.69, 9.17) is 4.74 Å². The molecule has 2 amide bonds. The van der Waals surface area contributed by atoms with Crippen LogP contribution in [-0.4, -0.2) is 41.1 Å². The number of nitrogens with zero attached hydrogens (tertiary/aromatic N) is 1. The Hall–Kier alpha value is -4.01. The molecular weight excluding hydrogens is 388 g/mol. The molecule has 0 atom stereocenters. The van der Waals surface area contributed by atoms with Gasteiger partial charge in [0.25, 0.3) is 17.4 Å². The minimum absolute atomic E-state index is 0.197. The lowest BCUT2D eigenvalue weighted by molar-refractivity contribution is -0.146. The van der Waals surface area contributed by atoms with E-state index in [0.717, 1.165) is 0 Å². The summed E-state index contributed by atoms with van der Waals surface area (Å²) < 4.78 is 5.01. The van der Waals surface area contributed by atoms with E-state index in [1.54, 1.807) is 42.5 Å². The van der Waals surface area contributed by atoms with Gasteiger partial charge in [0.2, 0.25) is 0 Å². The van der Waals surface area contributed by atoms with Gasteiger partial charge in [0.15, 0.2) is 6.61 Å². The van der Waals surface area contributed by atoms with Crippen molar-refractivity contribution in [3.63, 3.8) is 0 Å². The Balaban J connectivity index is 1.57. The number of hydrogen-bond donors (Lipinski definition) is 3. The van der Waals surface area contributed by atoms with Gasteiger partial charge in [0, 0.05) is 23.2 Å². The van der Waals surface area contributed by atoms with Gasteiger partial charge in [-0.05, 0) is 31.2 Å². The topological polar surface area (TPSA) is 130 Å². The molecule has 9 nitrogen and oxygen atoms in total. The summed E-state index contributed by atoms with van der Waals surface area (Å²) in [6.07, 6.45) is -0.197. The van der Waals surface area contributed by atoms with E-state index >= 15 is 0 Å². The molecule has 3 N–H and O–H groups in total. The van der Waals surface area contributed by atoms with Gasteiger partial charge >= 0.3 is 5.97 Å². The van der Waals surface area contributed by atoms with E-state index in [1.807, 2.05) is 6.92 Å². The summed E-state index contributed by atoms with van der Waals surface area (Å²) in [5, 5.41) is 12.5. The zero-order valence-corrected chi connectivity index (χ0v) is 16.2. The maximum atomic E-state index is 12.1. The number of carbonyl (C=O) groups is 3. The number of carbonyl (C=O) groups excluding carboxylic acids is 3. The number of fused-ring (bicyclic) bond motifs is 1. The first-order valence-corrected chi connectivity index (χ1v) is 9.28. The molecule has 0 aliphatic rings. The first kappa shape index (κ1) is 20.7. The summed E-state index contributed by atoms with van der Waals surface area (Å²) in [6, 6.07) is 13.2. The second-order valence-corrected chi connectivity index (χ2v) is 6.37. The van der Waals surface area contributed by atoms with Crippen LogP contribution in [0.3, 0.4) is 0 Å². The van der Waals surface area contributed by atoms with Crippen LogP contribution >= 0.6 is 0 Å². The Labute approximate surface area is 171 Å². The number of anilines is 1. The van der Waals surface area contributed by atoms with E-state index in [9.17, 15) is 19.2 Å². The second kappa shape index (κ2) is 9.46. The minimum Gasteiger partial charge on any atom is -0.455 e. The van der Waals surface area contributed by atoms with Crippen molar-refractivity contribution in [3.05, 3.63) is 70.1 Å². The Bertz CT molecular complexity index is 1160. The Morgan fingerprint density at radius 1 is 1.07 bits per heavy atom. The van der Waals surface area contributed by atoms with Crippen LogP contribution in [0.4, 0.5) is 5.69 Å². The van der Waals surface area contributed by atoms with Crippen LogP contribution in [-0.2, 0) is 20.7 Å². The highest BCUT2D eigenvalue weighted by Crippen LogP contribution is 2.13. The zero-order chi connectivity index (χ0) is 21.5. The summed E-state index contributed by atoms with van der Waals surface area (Å²) in [7, 11) is 0. The van der Waals surface area contributed by atoms with Crippen LogP contribution in [0.1, 0.15) is 23.0 Å². The van der Waals surface area contributed by atoms with Crippen molar-refractivity contribution in [1.29, 1.82) is 0 Å². The van der Waals surface area contributed by atoms with Crippen LogP contribution in [0, 0.1) is 0 Å². The highest BCUT2D eigenvalue weighted by molar-refractivity contribution is 5.97. The van der Waals surface area contributed by atoms with E-state index in [-0.39, 0.29) is 17.9 Å². The van der Waals surface area contributed by atoms with Crippen molar-refractivity contribution in [2.24, 2.45) is 0 Å². The fourth-order valence-corrected chi connectivity index (χ4v) is 2.84. The number of hydrogen-bond acceptors (Lipinski definition) is 6. The maximum Gasteiger partial charge on any atom is 0.312 e. The standard InChI is InChI=1S/C21H20N4O5/c1-2-22-20(28)13-6-5-7-14(10-13)23-18(26)12-30-19(27)11-17-15-8-3-4-9-16(15)21(29)25-24-17/h3-10H,2,11-12H2,1H3,(H,22,28)(H,23,26)(H,25,29). The van der Waals surface area contributed by atoms with E-state index in [2.05, 4.69) is 20.8 Å². The van der Waals surface area contributed by atoms with Crippen molar-refractivity contribution in [3.8, 4) is 0 Å². The lowest BCUT2D eigenvalue weighted by atomic mass is 10.1. The number of ether oxygens (including phenoxy) is 1. The van der Waals surface area contributed by atoms with Crippen molar-refractivity contribution in [1.82, 2.24) is 15.5 Å². The SMILES string of the molecule is CCNC(=O)c1cccc(NC(=O)COC(=O)Cc2n[nH]c(=O)c3ccccc23)c1. The largest absolute Gasteiger partial charge is 0.455 e. The first-order valence-electron chi connectivity index (χ1n) is 9.28. The number of nitrogens with one attached hydrogen (secondary N) is 3. The fraction of sp³-hybridized carbons (Fsp3) is 0.190. The van der Waals surface area contributed by atoms with Gasteiger partial charge in [-0.1, -0.05) is 24.3 Å². The summed E-state index contributed by atoms with van der Waals surface area (Å²) in [4.78, 5) is 47.9. The van der Waals surface area contributed by atoms with Gasteiger partial charge in [0.1, 0.15) is 0 Å². The first-order chi connectivity index (χ1) is 14.5. The monoisotopic (exact) mass is 408 g/mol. The van der Waals surface area contributed by atoms with E-state index < -0.39 is 18.5 Å². The van der Waals surface area contributed by atoms with Crippen LogP contribution in [0.25, 0.3) is 10.8 Å². The van der Waals surface area contributed by atoms with Crippen LogP contribution in [0.15, 0.2) is 53.3 Å². The minimum atomic E-state index is -0.661. The maximum absolute atomic E-state index is 12.1. The van der Waals surface area contributed by atoms with Crippen molar-refractivity contribution in [2.75, 3.05) is 18.5 Å². The zero-order valence-electron chi connectivity index (χ0n) is 16.2. The van der Waals surface area contributed by atoms with Gasteiger partial charge in [-0.15, -0.1) is 0 Å². The van der Waals surface area contributed by atoms with Gasteiger partial charge in [-0.25, -0.2) is 5.10 Å². The fourth-order valence-electron chi connectivity index (χ4n) is 2.84. The molecule has 0 bridgehead atoms. The third-order valence-corrected chi connectivity index (χ3v) is 4.20. The predicted octanol–water partition coefficient (Wildman–Crippen LogP) is 1.40. The molecule has 0 radical (unpaired) electrons. The Kier molecular flexibility index (Phi) is 6.53. The Morgan fingerprint density at radius 2 is 1.83 bits per heavy atom. The molecule has 0 fully saturated rings. The summed E-state index contributed by atoms with van der Waals surface area (Å²) >= 11 is 0. The number of aromatic amines is 1. The van der Waals surface area contributed by atoms with E-state index in [1.165, 1.54) is 6.07 Å². The van der Waals surface area contributed by atoms with Crippen LogP contribution in [0.5, 0.6) is 0 Å². The molecule has 0 saturated heterocycles. The lowest BCUT2D eigenvalue weighted by Crippen LogP contribution is -2.24. The van der Waals surface area contributed by atoms with Crippen LogP contribution in [0.2, 0.25) is 0 Å². The molecule has 2 aromatic carbocycles. The number of aromatic nitrogens is 2. The van der Waals surface area contributed by atoms with Crippen molar-refractivity contribution < 1.29 is 19.1 Å². The molecule has 1 aromatic heterocycles. The third kappa shape index (κ3) is 5.07. The molecule has 9 heteroatoms. The quantitative estimate of drug-likeness (QED) is 0.507. The van der Waals surface area contributed by atoms with Gasteiger partial charge < -0.3 is 15.4 Å². The molecule has 154 valence electrons. The van der Waals surface area contributed by atoms with Gasteiger partial charge in [-0.2, -0.15) is 5.10 Å². The summed E-state index contributed by atoms with van der Waals surface area (Å²) in [6.45, 7) is 1.81. The molecule has 3 rings (SSSR count). The highest BCUT2D eigenvalue weighted by atomic mass is 16.5. The molecule has 0 aliphatic carbocycles. The molecule has 3 aromatic rings. The van der Waals surface area contributed by atoms with Crippen molar-refractivity contribution >= 4 is 34.2 Å². The smallest absolute Gasteiger partial charge is 0.312 e. The molecule has 0 spiro atoms. The lowest BCUT2D eigenvalue weighted by Gasteiger charge is -2.09. The number of H-pyrrole nitrogens is 1. The molecular formula is C21H20N4O5. The van der Waals surface area contributed by atoms with Gasteiger partial charge in [0.05, 0.1) is 17.5 Å². The number of rotatable bonds is 7. The number of amides is 2. The summed E-state index contributed by atoms with van der Waals surface area (Å²) in [5.41, 5.74) is 0.818.